The minimum atomic E-state index is -0.0216. The fourth-order valence-corrected chi connectivity index (χ4v) is 3.24. The molecule has 0 unspecified atom stereocenters. The molecular formula is C15H29N3OS. The van der Waals surface area contributed by atoms with Gasteiger partial charge >= 0.3 is 0 Å². The lowest BCUT2D eigenvalue weighted by molar-refractivity contribution is 0.282. The van der Waals surface area contributed by atoms with Crippen molar-refractivity contribution >= 4 is 16.5 Å². The third-order valence-corrected chi connectivity index (χ3v) is 4.22. The van der Waals surface area contributed by atoms with Crippen LogP contribution in [0.3, 0.4) is 0 Å². The molecule has 0 aliphatic rings. The van der Waals surface area contributed by atoms with Gasteiger partial charge in [0.05, 0.1) is 17.2 Å². The number of hydrogen-bond donors (Lipinski definition) is 1. The van der Waals surface area contributed by atoms with E-state index in [9.17, 15) is 5.11 Å². The Kier molecular flexibility index (Phi) is 6.43. The van der Waals surface area contributed by atoms with Gasteiger partial charge in [-0.2, -0.15) is 0 Å². The molecule has 1 rings (SSSR count). The first kappa shape index (κ1) is 17.4. The van der Waals surface area contributed by atoms with Gasteiger partial charge in [0.25, 0.3) is 0 Å². The van der Waals surface area contributed by atoms with Gasteiger partial charge in [-0.25, -0.2) is 4.98 Å². The van der Waals surface area contributed by atoms with Crippen LogP contribution in [0, 0.1) is 0 Å². The summed E-state index contributed by atoms with van der Waals surface area (Å²) >= 11 is 1.63. The predicted molar refractivity (Wildman–Crippen MR) is 87.8 cm³/mol. The number of thiazole rings is 1. The number of anilines is 1. The quantitative estimate of drug-likeness (QED) is 0.840. The van der Waals surface area contributed by atoms with E-state index in [1.165, 1.54) is 0 Å². The Morgan fingerprint density at radius 2 is 1.80 bits per heavy atom. The van der Waals surface area contributed by atoms with Crippen molar-refractivity contribution in [3.63, 3.8) is 0 Å². The summed E-state index contributed by atoms with van der Waals surface area (Å²) in [7, 11) is 4.18. The van der Waals surface area contributed by atoms with Crippen LogP contribution in [0.1, 0.15) is 44.7 Å². The molecule has 0 aliphatic carbocycles. The summed E-state index contributed by atoms with van der Waals surface area (Å²) in [4.78, 5) is 10.3. The Bertz CT molecular complexity index is 410. The molecule has 0 amide bonds. The first-order valence-corrected chi connectivity index (χ1v) is 8.12. The highest BCUT2D eigenvalue weighted by molar-refractivity contribution is 7.15. The lowest BCUT2D eigenvalue weighted by atomic mass is 9.91. The summed E-state index contributed by atoms with van der Waals surface area (Å²) in [6.07, 6.45) is 1.10. The summed E-state index contributed by atoms with van der Waals surface area (Å²) in [6.45, 7) is 11.7. The highest BCUT2D eigenvalue weighted by Crippen LogP contribution is 2.33. The maximum absolute atomic E-state index is 9.57. The Morgan fingerprint density at radius 1 is 1.15 bits per heavy atom. The maximum atomic E-state index is 9.57. The zero-order valence-corrected chi connectivity index (χ0v) is 14.5. The van der Waals surface area contributed by atoms with E-state index >= 15 is 0 Å². The van der Waals surface area contributed by atoms with Gasteiger partial charge in [0.15, 0.2) is 5.13 Å². The van der Waals surface area contributed by atoms with Gasteiger partial charge in [-0.05, 0) is 20.5 Å². The van der Waals surface area contributed by atoms with Crippen LogP contribution in [-0.2, 0) is 12.0 Å². The molecule has 0 fully saturated rings. The average Bonchev–Trinajstić information content (AvgIpc) is 2.78. The Labute approximate surface area is 127 Å². The number of hydrogen-bond acceptors (Lipinski definition) is 5. The summed E-state index contributed by atoms with van der Waals surface area (Å²) in [5.41, 5.74) is 1.01. The lowest BCUT2D eigenvalue weighted by Crippen LogP contribution is -2.32. The Morgan fingerprint density at radius 3 is 2.20 bits per heavy atom. The van der Waals surface area contributed by atoms with Crippen LogP contribution in [0.15, 0.2) is 0 Å². The largest absolute Gasteiger partial charge is 0.391 e. The van der Waals surface area contributed by atoms with E-state index in [1.807, 2.05) is 0 Å². The topological polar surface area (TPSA) is 39.6 Å². The van der Waals surface area contributed by atoms with Crippen molar-refractivity contribution in [2.24, 2.45) is 0 Å². The molecule has 0 spiro atoms. The van der Waals surface area contributed by atoms with Crippen LogP contribution in [0.4, 0.5) is 5.13 Å². The van der Waals surface area contributed by atoms with E-state index < -0.39 is 0 Å². The zero-order valence-electron chi connectivity index (χ0n) is 13.7. The van der Waals surface area contributed by atoms with Gasteiger partial charge in [0, 0.05) is 25.0 Å². The minimum Gasteiger partial charge on any atom is -0.391 e. The van der Waals surface area contributed by atoms with Gasteiger partial charge in [-0.1, -0.05) is 39.0 Å². The molecule has 0 aromatic carbocycles. The second-order valence-corrected chi connectivity index (χ2v) is 7.53. The maximum Gasteiger partial charge on any atom is 0.185 e. The van der Waals surface area contributed by atoms with Crippen LogP contribution < -0.4 is 4.90 Å². The number of rotatable bonds is 7. The molecule has 1 N–H and O–H groups in total. The first-order chi connectivity index (χ1) is 9.29. The van der Waals surface area contributed by atoms with Crippen LogP contribution in [-0.4, -0.2) is 48.7 Å². The van der Waals surface area contributed by atoms with Crippen molar-refractivity contribution in [1.29, 1.82) is 0 Å². The number of aliphatic hydroxyl groups is 1. The third-order valence-electron chi connectivity index (χ3n) is 3.12. The van der Waals surface area contributed by atoms with Crippen LogP contribution >= 0.6 is 11.3 Å². The summed E-state index contributed by atoms with van der Waals surface area (Å²) in [5, 5.41) is 10.6. The standard InChI is InChI=1S/C15H29N3OS/c1-7-8-18(10-9-17(5)6)14-16-13(15(2,3)4)12(11-19)20-14/h19H,7-11H2,1-6H3. The number of nitrogens with zero attached hydrogens (tertiary/aromatic N) is 3. The van der Waals surface area contributed by atoms with E-state index in [0.717, 1.165) is 41.8 Å². The zero-order chi connectivity index (χ0) is 15.3. The molecule has 0 radical (unpaired) electrons. The Balaban J connectivity index is 2.99. The van der Waals surface area contributed by atoms with Crippen LogP contribution in [0.5, 0.6) is 0 Å². The van der Waals surface area contributed by atoms with Gasteiger partial charge in [0.2, 0.25) is 0 Å². The normalized spacial score (nSPS) is 12.2. The molecule has 1 aromatic heterocycles. The van der Waals surface area contributed by atoms with Crippen molar-refractivity contribution in [3.8, 4) is 0 Å². The summed E-state index contributed by atoms with van der Waals surface area (Å²) < 4.78 is 0. The van der Waals surface area contributed by atoms with Crippen molar-refractivity contribution in [2.75, 3.05) is 38.6 Å². The minimum absolute atomic E-state index is 0.0216. The number of likely N-dealkylation sites (N-methyl/N-ethyl adjacent to an activating group) is 1. The molecule has 0 aliphatic heterocycles. The molecule has 1 aromatic rings. The second kappa shape index (κ2) is 7.38. The lowest BCUT2D eigenvalue weighted by Gasteiger charge is -2.23. The predicted octanol–water partition coefficient (Wildman–Crippen LogP) is 2.71. The molecule has 0 atom stereocenters. The van der Waals surface area contributed by atoms with Gasteiger partial charge < -0.3 is 14.9 Å². The molecule has 1 heterocycles. The average molecular weight is 299 g/mol. The molecule has 0 saturated carbocycles. The number of aliphatic hydroxyl groups excluding tert-OH is 1. The van der Waals surface area contributed by atoms with Gasteiger partial charge in [-0.3, -0.25) is 0 Å². The first-order valence-electron chi connectivity index (χ1n) is 7.30. The van der Waals surface area contributed by atoms with Crippen LogP contribution in [0.2, 0.25) is 0 Å². The van der Waals surface area contributed by atoms with E-state index in [4.69, 9.17) is 4.98 Å². The Hall–Kier alpha value is -0.650. The van der Waals surface area contributed by atoms with E-state index in [1.54, 1.807) is 11.3 Å². The van der Waals surface area contributed by atoms with Gasteiger partial charge in [0.1, 0.15) is 0 Å². The van der Waals surface area contributed by atoms with Crippen molar-refractivity contribution < 1.29 is 5.11 Å². The van der Waals surface area contributed by atoms with E-state index in [-0.39, 0.29) is 12.0 Å². The molecule has 20 heavy (non-hydrogen) atoms. The summed E-state index contributed by atoms with van der Waals surface area (Å²) in [5.74, 6) is 0. The second-order valence-electron chi connectivity index (χ2n) is 6.47. The molecule has 0 bridgehead atoms. The monoisotopic (exact) mass is 299 g/mol. The molecule has 5 heteroatoms. The molecule has 116 valence electrons. The van der Waals surface area contributed by atoms with Crippen molar-refractivity contribution in [3.05, 3.63) is 10.6 Å². The molecule has 0 saturated heterocycles. The SMILES string of the molecule is CCCN(CCN(C)C)c1nc(C(C)(C)C)c(CO)s1. The smallest absolute Gasteiger partial charge is 0.185 e. The fourth-order valence-electron chi connectivity index (χ4n) is 2.06. The van der Waals surface area contributed by atoms with E-state index in [2.05, 4.69) is 51.6 Å². The third kappa shape index (κ3) is 4.72. The fraction of sp³-hybridized carbons (Fsp3) is 0.800. The highest BCUT2D eigenvalue weighted by Gasteiger charge is 2.24. The van der Waals surface area contributed by atoms with Crippen molar-refractivity contribution in [2.45, 2.75) is 46.1 Å². The highest BCUT2D eigenvalue weighted by atomic mass is 32.1. The molecule has 4 nitrogen and oxygen atoms in total. The van der Waals surface area contributed by atoms with Crippen LogP contribution in [0.25, 0.3) is 0 Å². The van der Waals surface area contributed by atoms with Gasteiger partial charge in [-0.15, -0.1) is 0 Å². The number of aromatic nitrogens is 1. The summed E-state index contributed by atoms with van der Waals surface area (Å²) in [6, 6.07) is 0. The van der Waals surface area contributed by atoms with E-state index in [0.29, 0.717) is 0 Å². The van der Waals surface area contributed by atoms with Crippen molar-refractivity contribution in [1.82, 2.24) is 9.88 Å². The molecular weight excluding hydrogens is 270 g/mol.